The highest BCUT2D eigenvalue weighted by atomic mass is 16.5. The molecule has 0 saturated carbocycles. The molecule has 228 valence electrons. The standard InChI is InChI=1S/C34H41N3O6/c38-29-18-16-27(28-17-19-31(40)36-33(28)29)30(39)23-35-20-9-4-2-1-3-5-10-21-43-26-15-11-14-25(22-26)32(37-34(41)42)24-12-7-6-8-13-24/h6-8,11-19,22,30,32,35,37-39H,1-5,9-10,20-21,23H2,(H,36,40)(H,41,42)/t30-,32?/m0/s1. The molecule has 0 bridgehead atoms. The second-order valence-corrected chi connectivity index (χ2v) is 10.7. The highest BCUT2D eigenvalue weighted by Crippen LogP contribution is 2.29. The molecule has 6 N–H and O–H groups in total. The van der Waals surface area contributed by atoms with E-state index in [2.05, 4.69) is 15.6 Å². The number of benzene rings is 3. The van der Waals surface area contributed by atoms with Crippen LogP contribution in [-0.2, 0) is 0 Å². The average molecular weight is 588 g/mol. The Bertz CT molecular complexity index is 1510. The number of phenolic OH excluding ortho intramolecular Hbond substituents is 1. The van der Waals surface area contributed by atoms with Crippen LogP contribution in [0.2, 0.25) is 0 Å². The molecule has 1 heterocycles. The number of aromatic hydroxyl groups is 1. The van der Waals surface area contributed by atoms with Crippen LogP contribution in [0, 0.1) is 0 Å². The summed E-state index contributed by atoms with van der Waals surface area (Å²) in [6.07, 6.45) is 5.82. The summed E-state index contributed by atoms with van der Waals surface area (Å²) in [7, 11) is 0. The Hall–Kier alpha value is -4.34. The summed E-state index contributed by atoms with van der Waals surface area (Å²) >= 11 is 0. The Morgan fingerprint density at radius 3 is 2.33 bits per heavy atom. The molecule has 0 aliphatic carbocycles. The summed E-state index contributed by atoms with van der Waals surface area (Å²) < 4.78 is 5.96. The van der Waals surface area contributed by atoms with E-state index in [0.29, 0.717) is 29.6 Å². The number of aromatic amines is 1. The number of aliphatic hydroxyl groups excluding tert-OH is 1. The number of hydrogen-bond donors (Lipinski definition) is 6. The van der Waals surface area contributed by atoms with Crippen molar-refractivity contribution in [2.24, 2.45) is 0 Å². The maximum Gasteiger partial charge on any atom is 0.405 e. The number of H-pyrrole nitrogens is 1. The van der Waals surface area contributed by atoms with Crippen molar-refractivity contribution in [3.63, 3.8) is 0 Å². The van der Waals surface area contributed by atoms with Crippen molar-refractivity contribution in [2.75, 3.05) is 19.7 Å². The number of nitrogens with one attached hydrogen (secondary N) is 3. The van der Waals surface area contributed by atoms with Gasteiger partial charge < -0.3 is 35.7 Å². The predicted molar refractivity (Wildman–Crippen MR) is 168 cm³/mol. The minimum atomic E-state index is -1.07. The van der Waals surface area contributed by atoms with Crippen LogP contribution < -0.4 is 20.9 Å². The fourth-order valence-corrected chi connectivity index (χ4v) is 5.24. The molecule has 3 aromatic carbocycles. The van der Waals surface area contributed by atoms with Gasteiger partial charge in [-0.25, -0.2) is 4.79 Å². The van der Waals surface area contributed by atoms with E-state index in [4.69, 9.17) is 4.74 Å². The maximum absolute atomic E-state index is 11.6. The lowest BCUT2D eigenvalue weighted by Crippen LogP contribution is -2.27. The van der Waals surface area contributed by atoms with Gasteiger partial charge in [0.1, 0.15) is 11.5 Å². The van der Waals surface area contributed by atoms with Crippen molar-refractivity contribution in [1.82, 2.24) is 15.6 Å². The minimum Gasteiger partial charge on any atom is -0.506 e. The molecule has 0 spiro atoms. The second kappa shape index (κ2) is 16.3. The number of carbonyl (C=O) groups is 1. The number of aromatic nitrogens is 1. The number of hydrogen-bond acceptors (Lipinski definition) is 6. The topological polar surface area (TPSA) is 144 Å². The first kappa shape index (κ1) is 31.6. The minimum absolute atomic E-state index is 0.0149. The Morgan fingerprint density at radius 2 is 1.56 bits per heavy atom. The summed E-state index contributed by atoms with van der Waals surface area (Å²) in [4.78, 5) is 25.6. The molecule has 1 aromatic heterocycles. The third-order valence-electron chi connectivity index (χ3n) is 7.46. The Kier molecular flexibility index (Phi) is 12.0. The molecule has 2 atom stereocenters. The normalized spacial score (nSPS) is 12.6. The molecule has 4 rings (SSSR count). The number of phenols is 1. The van der Waals surface area contributed by atoms with Crippen molar-refractivity contribution < 1.29 is 24.9 Å². The largest absolute Gasteiger partial charge is 0.506 e. The van der Waals surface area contributed by atoms with Crippen molar-refractivity contribution in [3.8, 4) is 11.5 Å². The Morgan fingerprint density at radius 1 is 0.837 bits per heavy atom. The summed E-state index contributed by atoms with van der Waals surface area (Å²) in [5.41, 5.74) is 2.42. The van der Waals surface area contributed by atoms with Crippen LogP contribution in [0.4, 0.5) is 4.79 Å². The van der Waals surface area contributed by atoms with E-state index in [0.717, 1.165) is 68.4 Å². The summed E-state index contributed by atoms with van der Waals surface area (Å²) in [5, 5.41) is 36.5. The van der Waals surface area contributed by atoms with E-state index < -0.39 is 18.2 Å². The number of ether oxygens (including phenoxy) is 1. The zero-order chi connectivity index (χ0) is 30.4. The molecule has 9 nitrogen and oxygen atoms in total. The maximum atomic E-state index is 11.6. The van der Waals surface area contributed by atoms with E-state index in [1.165, 1.54) is 12.1 Å². The molecule has 0 radical (unpaired) electrons. The summed E-state index contributed by atoms with van der Waals surface area (Å²) in [5.74, 6) is 0.718. The zero-order valence-corrected chi connectivity index (χ0v) is 24.3. The quantitative estimate of drug-likeness (QED) is 0.0829. The number of amides is 1. The summed E-state index contributed by atoms with van der Waals surface area (Å²) in [6, 6.07) is 22.8. The van der Waals surface area contributed by atoms with Gasteiger partial charge in [0.25, 0.3) is 0 Å². The SMILES string of the molecule is O=C(O)NC(c1ccccc1)c1cccc(OCCCCCCCCCNC[C@H](O)c2ccc(O)c3[nH]c(=O)ccc23)c1. The highest BCUT2D eigenvalue weighted by Gasteiger charge is 2.17. The average Bonchev–Trinajstić information content (AvgIpc) is 3.01. The second-order valence-electron chi connectivity index (χ2n) is 10.7. The number of aliphatic hydroxyl groups is 1. The molecule has 1 amide bonds. The zero-order valence-electron chi connectivity index (χ0n) is 24.3. The summed E-state index contributed by atoms with van der Waals surface area (Å²) in [6.45, 7) is 1.82. The number of fused-ring (bicyclic) bond motifs is 1. The Labute approximate surface area is 251 Å². The first-order valence-electron chi connectivity index (χ1n) is 14.9. The van der Waals surface area contributed by atoms with Gasteiger partial charge in [0, 0.05) is 18.0 Å². The van der Waals surface area contributed by atoms with Crippen molar-refractivity contribution in [1.29, 1.82) is 0 Å². The lowest BCUT2D eigenvalue weighted by Gasteiger charge is -2.19. The van der Waals surface area contributed by atoms with Crippen molar-refractivity contribution >= 4 is 17.0 Å². The highest BCUT2D eigenvalue weighted by molar-refractivity contribution is 5.87. The van der Waals surface area contributed by atoms with Gasteiger partial charge >= 0.3 is 6.09 Å². The molecule has 9 heteroatoms. The number of carboxylic acid groups (broad SMARTS) is 1. The van der Waals surface area contributed by atoms with Gasteiger partial charge in [-0.1, -0.05) is 80.6 Å². The van der Waals surface area contributed by atoms with Crippen molar-refractivity contribution in [2.45, 2.75) is 57.1 Å². The fourth-order valence-electron chi connectivity index (χ4n) is 5.24. The van der Waals surface area contributed by atoms with E-state index in [1.807, 2.05) is 54.6 Å². The van der Waals surface area contributed by atoms with Crippen LogP contribution in [0.15, 0.2) is 83.7 Å². The lowest BCUT2D eigenvalue weighted by atomic mass is 9.98. The van der Waals surface area contributed by atoms with Crippen LogP contribution in [0.25, 0.3) is 10.9 Å². The van der Waals surface area contributed by atoms with Crippen LogP contribution in [-0.4, -0.2) is 46.1 Å². The molecule has 1 unspecified atom stereocenters. The van der Waals surface area contributed by atoms with Gasteiger partial charge in [-0.05, 0) is 60.3 Å². The molecule has 4 aromatic rings. The molecule has 0 aliphatic heterocycles. The van der Waals surface area contributed by atoms with E-state index in [1.54, 1.807) is 12.1 Å². The van der Waals surface area contributed by atoms with E-state index in [9.17, 15) is 24.9 Å². The van der Waals surface area contributed by atoms with Gasteiger partial charge in [0.15, 0.2) is 0 Å². The van der Waals surface area contributed by atoms with Gasteiger partial charge in [-0.15, -0.1) is 0 Å². The fraction of sp³-hybridized carbons (Fsp3) is 0.353. The van der Waals surface area contributed by atoms with E-state index in [-0.39, 0.29) is 11.3 Å². The molecular weight excluding hydrogens is 546 g/mol. The number of rotatable bonds is 17. The van der Waals surface area contributed by atoms with Gasteiger partial charge in [-0.3, -0.25) is 4.79 Å². The van der Waals surface area contributed by atoms with Crippen LogP contribution >= 0.6 is 0 Å². The molecule has 43 heavy (non-hydrogen) atoms. The molecule has 0 aliphatic rings. The Balaban J connectivity index is 1.07. The smallest absolute Gasteiger partial charge is 0.405 e. The van der Waals surface area contributed by atoms with Crippen LogP contribution in [0.3, 0.4) is 0 Å². The molecule has 0 saturated heterocycles. The third kappa shape index (κ3) is 9.59. The predicted octanol–water partition coefficient (Wildman–Crippen LogP) is 6.02. The lowest BCUT2D eigenvalue weighted by molar-refractivity contribution is 0.176. The first-order valence-corrected chi connectivity index (χ1v) is 14.9. The third-order valence-corrected chi connectivity index (χ3v) is 7.46. The van der Waals surface area contributed by atoms with Gasteiger partial charge in [0.2, 0.25) is 5.56 Å². The van der Waals surface area contributed by atoms with Crippen LogP contribution in [0.1, 0.15) is 73.8 Å². The van der Waals surface area contributed by atoms with Gasteiger partial charge in [0.05, 0.1) is 24.3 Å². The van der Waals surface area contributed by atoms with Gasteiger partial charge in [-0.2, -0.15) is 0 Å². The van der Waals surface area contributed by atoms with E-state index >= 15 is 0 Å². The van der Waals surface area contributed by atoms with Crippen molar-refractivity contribution in [3.05, 3.63) is 106 Å². The first-order chi connectivity index (χ1) is 20.9. The van der Waals surface area contributed by atoms with Crippen LogP contribution in [0.5, 0.6) is 11.5 Å². The molecule has 0 fully saturated rings. The monoisotopic (exact) mass is 587 g/mol. The number of unbranched alkanes of at least 4 members (excludes halogenated alkanes) is 6. The molecular formula is C34H41N3O6. The number of pyridine rings is 1.